The minimum absolute atomic E-state index is 0.136. The molecule has 2 heteroatoms. The molecule has 0 aliphatic rings. The maximum atomic E-state index is 6.98. The molecular formula is C52H41NO. The highest BCUT2D eigenvalue weighted by Gasteiger charge is 2.22. The van der Waals surface area contributed by atoms with Crippen molar-refractivity contribution in [2.75, 3.05) is 4.90 Å². The quantitative estimate of drug-likeness (QED) is 0.167. The Balaban J connectivity index is 1.14. The van der Waals surface area contributed by atoms with E-state index in [0.717, 1.165) is 39.0 Å². The molecule has 0 saturated heterocycles. The zero-order valence-electron chi connectivity index (χ0n) is 31.4. The van der Waals surface area contributed by atoms with Crippen LogP contribution >= 0.6 is 0 Å². The van der Waals surface area contributed by atoms with Gasteiger partial charge in [0, 0.05) is 44.7 Å². The summed E-state index contributed by atoms with van der Waals surface area (Å²) in [6.07, 6.45) is 0. The first-order chi connectivity index (χ1) is 26.2. The van der Waals surface area contributed by atoms with Crippen LogP contribution in [0.2, 0.25) is 0 Å². The molecule has 0 unspecified atom stereocenters. The van der Waals surface area contributed by atoms with E-state index in [1.54, 1.807) is 0 Å². The van der Waals surface area contributed by atoms with Gasteiger partial charge in [0.15, 0.2) is 0 Å². The summed E-state index contributed by atoms with van der Waals surface area (Å²) in [5.41, 5.74) is 14.0. The van der Waals surface area contributed by atoms with E-state index in [9.17, 15) is 0 Å². The fraction of sp³-hybridized carbons (Fsp3) is 0.115. The van der Waals surface area contributed by atoms with Crippen molar-refractivity contribution in [2.45, 2.75) is 40.0 Å². The highest BCUT2D eigenvalue weighted by molar-refractivity contribution is 6.38. The summed E-state index contributed by atoms with van der Waals surface area (Å²) in [7, 11) is 0. The lowest BCUT2D eigenvalue weighted by molar-refractivity contribution is 0.590. The number of furan rings is 1. The maximum Gasteiger partial charge on any atom is 0.143 e. The van der Waals surface area contributed by atoms with Crippen LogP contribution in [0.25, 0.3) is 76.5 Å². The molecule has 0 radical (unpaired) electrons. The van der Waals surface area contributed by atoms with Gasteiger partial charge in [-0.05, 0) is 111 Å². The fourth-order valence-corrected chi connectivity index (χ4v) is 8.41. The molecule has 10 aromatic rings. The van der Waals surface area contributed by atoms with Crippen molar-refractivity contribution in [1.29, 1.82) is 0 Å². The topological polar surface area (TPSA) is 16.4 Å². The molecular weight excluding hydrogens is 655 g/mol. The lowest BCUT2D eigenvalue weighted by Gasteiger charge is -2.25. The third-order valence-electron chi connectivity index (χ3n) is 11.3. The van der Waals surface area contributed by atoms with Gasteiger partial charge in [-0.1, -0.05) is 141 Å². The van der Waals surface area contributed by atoms with Crippen molar-refractivity contribution in [3.05, 3.63) is 174 Å². The van der Waals surface area contributed by atoms with Crippen LogP contribution < -0.4 is 4.90 Å². The molecule has 2 nitrogen and oxygen atoms in total. The molecule has 0 aliphatic heterocycles. The van der Waals surface area contributed by atoms with Crippen molar-refractivity contribution in [1.82, 2.24) is 0 Å². The van der Waals surface area contributed by atoms with Crippen LogP contribution in [0.5, 0.6) is 0 Å². The van der Waals surface area contributed by atoms with E-state index < -0.39 is 0 Å². The Hall–Kier alpha value is -6.38. The van der Waals surface area contributed by atoms with E-state index in [2.05, 4.69) is 197 Å². The zero-order chi connectivity index (χ0) is 36.7. The van der Waals surface area contributed by atoms with Crippen molar-refractivity contribution >= 4 is 71.3 Å². The van der Waals surface area contributed by atoms with Gasteiger partial charge in [-0.3, -0.25) is 0 Å². The second-order valence-corrected chi connectivity index (χ2v) is 16.0. The van der Waals surface area contributed by atoms with E-state index in [1.807, 2.05) is 0 Å². The molecule has 0 aliphatic carbocycles. The summed E-state index contributed by atoms with van der Waals surface area (Å²) in [5.74, 6) is 0. The van der Waals surface area contributed by atoms with E-state index in [1.165, 1.54) is 71.3 Å². The minimum atomic E-state index is 0.136. The Morgan fingerprint density at radius 1 is 0.444 bits per heavy atom. The highest BCUT2D eigenvalue weighted by Crippen LogP contribution is 2.48. The maximum absolute atomic E-state index is 6.98. The fourth-order valence-electron chi connectivity index (χ4n) is 8.41. The molecule has 0 bridgehead atoms. The number of fused-ring (bicyclic) bond motifs is 5. The van der Waals surface area contributed by atoms with Gasteiger partial charge in [0.25, 0.3) is 0 Å². The van der Waals surface area contributed by atoms with E-state index in [-0.39, 0.29) is 5.41 Å². The number of hydrogen-bond donors (Lipinski definition) is 0. The molecule has 0 N–H and O–H groups in total. The van der Waals surface area contributed by atoms with Gasteiger partial charge in [-0.2, -0.15) is 0 Å². The number of aryl methyl sites for hydroxylation is 2. The second-order valence-electron chi connectivity index (χ2n) is 16.0. The van der Waals surface area contributed by atoms with Gasteiger partial charge in [-0.25, -0.2) is 0 Å². The molecule has 0 saturated carbocycles. The summed E-state index contributed by atoms with van der Waals surface area (Å²) in [5, 5.41) is 9.72. The number of rotatable bonds is 5. The van der Waals surface area contributed by atoms with Crippen LogP contribution in [0.15, 0.2) is 162 Å². The lowest BCUT2D eigenvalue weighted by Crippen LogP contribution is -2.10. The van der Waals surface area contributed by atoms with Gasteiger partial charge in [-0.15, -0.1) is 0 Å². The average molecular weight is 696 g/mol. The molecule has 260 valence electrons. The first-order valence-corrected chi connectivity index (χ1v) is 18.9. The summed E-state index contributed by atoms with van der Waals surface area (Å²) in [4.78, 5) is 2.31. The average Bonchev–Trinajstić information content (AvgIpc) is 3.58. The smallest absolute Gasteiger partial charge is 0.143 e. The first-order valence-electron chi connectivity index (χ1n) is 18.9. The normalized spacial score (nSPS) is 12.2. The summed E-state index contributed by atoms with van der Waals surface area (Å²) in [6.45, 7) is 11.0. The first kappa shape index (κ1) is 32.3. The predicted molar refractivity (Wildman–Crippen MR) is 231 cm³/mol. The van der Waals surface area contributed by atoms with Gasteiger partial charge < -0.3 is 9.32 Å². The Bertz CT molecular complexity index is 2950. The van der Waals surface area contributed by atoms with Crippen molar-refractivity contribution in [2.24, 2.45) is 0 Å². The van der Waals surface area contributed by atoms with Crippen molar-refractivity contribution < 1.29 is 4.42 Å². The standard InChI is InChI=1S/C52H41NO/c1-32-12-24-39(25-13-32)53(40-26-14-33(2)15-27-40)41-28-29-43-47(31-41)54-51-45-11-7-9-42-46(30-37-8-6-10-44(50(43)51)48(37)49(42)45)36-18-16-34(17-19-36)35-20-22-38(23-21-35)52(3,4)5/h6-31H,1-5H3. The number of anilines is 3. The van der Waals surface area contributed by atoms with Crippen LogP contribution in [0.4, 0.5) is 17.1 Å². The number of benzene rings is 9. The van der Waals surface area contributed by atoms with Crippen molar-refractivity contribution in [3.63, 3.8) is 0 Å². The van der Waals surface area contributed by atoms with Gasteiger partial charge in [0.05, 0.1) is 0 Å². The monoisotopic (exact) mass is 695 g/mol. The lowest BCUT2D eigenvalue weighted by atomic mass is 9.86. The number of nitrogens with zero attached hydrogens (tertiary/aromatic N) is 1. The van der Waals surface area contributed by atoms with Crippen LogP contribution in [0.3, 0.4) is 0 Å². The molecule has 0 fully saturated rings. The third-order valence-corrected chi connectivity index (χ3v) is 11.3. The van der Waals surface area contributed by atoms with Crippen LogP contribution in [0, 0.1) is 13.8 Å². The van der Waals surface area contributed by atoms with Gasteiger partial charge in [0.1, 0.15) is 11.2 Å². The summed E-state index contributed by atoms with van der Waals surface area (Å²) >= 11 is 0. The van der Waals surface area contributed by atoms with Crippen molar-refractivity contribution in [3.8, 4) is 22.3 Å². The molecule has 0 atom stereocenters. The third kappa shape index (κ3) is 5.16. The highest BCUT2D eigenvalue weighted by atomic mass is 16.3. The second kappa shape index (κ2) is 12.1. The van der Waals surface area contributed by atoms with E-state index >= 15 is 0 Å². The van der Waals surface area contributed by atoms with Crippen LogP contribution in [-0.4, -0.2) is 0 Å². The Labute approximate surface area is 316 Å². The van der Waals surface area contributed by atoms with E-state index in [0.29, 0.717) is 0 Å². The summed E-state index contributed by atoms with van der Waals surface area (Å²) in [6, 6.07) is 58.0. The molecule has 0 amide bonds. The predicted octanol–water partition coefficient (Wildman–Crippen LogP) is 15.2. The Morgan fingerprint density at radius 2 is 1.00 bits per heavy atom. The Kier molecular flexibility index (Phi) is 7.22. The van der Waals surface area contributed by atoms with Crippen LogP contribution in [-0.2, 0) is 5.41 Å². The molecule has 9 aromatic carbocycles. The van der Waals surface area contributed by atoms with Gasteiger partial charge in [0.2, 0.25) is 0 Å². The molecule has 10 rings (SSSR count). The SMILES string of the molecule is Cc1ccc(N(c2ccc(C)cc2)c2ccc3c(c2)oc2c4cccc5c(-c6ccc(-c7ccc(C(C)(C)C)cc7)cc6)cc6cccc(c32)c6c54)cc1. The minimum Gasteiger partial charge on any atom is -0.455 e. The zero-order valence-corrected chi connectivity index (χ0v) is 31.4. The van der Waals surface area contributed by atoms with E-state index in [4.69, 9.17) is 4.42 Å². The molecule has 1 aromatic heterocycles. The molecule has 54 heavy (non-hydrogen) atoms. The van der Waals surface area contributed by atoms with Crippen LogP contribution in [0.1, 0.15) is 37.5 Å². The molecule has 1 heterocycles. The van der Waals surface area contributed by atoms with Gasteiger partial charge >= 0.3 is 0 Å². The largest absolute Gasteiger partial charge is 0.455 e. The Morgan fingerprint density at radius 3 is 1.65 bits per heavy atom. The number of hydrogen-bond acceptors (Lipinski definition) is 2. The molecule has 0 spiro atoms. The summed E-state index contributed by atoms with van der Waals surface area (Å²) < 4.78 is 6.98.